The summed E-state index contributed by atoms with van der Waals surface area (Å²) in [5.41, 5.74) is 4.89. The van der Waals surface area contributed by atoms with E-state index in [0.29, 0.717) is 39.6 Å². The second kappa shape index (κ2) is 22.4. The number of imidazole rings is 1. The number of hydrogen-bond donors (Lipinski definition) is 4. The Morgan fingerprint density at radius 3 is 2.19 bits per heavy atom. The van der Waals surface area contributed by atoms with Crippen LogP contribution in [0.15, 0.2) is 87.9 Å². The normalized spacial score (nSPS) is 28.4. The number of ether oxygens (including phenoxy) is 3. The van der Waals surface area contributed by atoms with Gasteiger partial charge in [0.1, 0.15) is 42.0 Å². The average Bonchev–Trinajstić information content (AvgIpc) is 3.99. The molecule has 0 amide bonds. The Kier molecular flexibility index (Phi) is 16.6. The van der Waals surface area contributed by atoms with Gasteiger partial charge in [-0.05, 0) is 59.8 Å². The number of phosphoric acid groups is 1. The summed E-state index contributed by atoms with van der Waals surface area (Å²) in [7, 11) is -9.34. The van der Waals surface area contributed by atoms with Crippen LogP contribution in [0.3, 0.4) is 0 Å². The predicted octanol–water partition coefficient (Wildman–Crippen LogP) is 6.71. The fourth-order valence-electron chi connectivity index (χ4n) is 7.98. The topological polar surface area (TPSA) is 290 Å². The maximum Gasteiger partial charge on any atom is 0.472 e. The second-order valence-corrected chi connectivity index (χ2v) is 23.8. The van der Waals surface area contributed by atoms with Crippen LogP contribution in [-0.2, 0) is 52.5 Å². The van der Waals surface area contributed by atoms with Gasteiger partial charge >= 0.3 is 20.3 Å². The average molecular weight is 1060 g/mol. The summed E-state index contributed by atoms with van der Waals surface area (Å²) in [6, 6.07) is 13.0. The molecule has 380 valence electrons. The number of alkyl halides is 2. The highest BCUT2D eigenvalue weighted by molar-refractivity contribution is 8.54. The number of halogens is 2. The standard InChI is InChI=1S/C42H52F2N8O14P2S2/c1-2-3-4-5-6-7-8-9-20-60-28-14-12-27(13-15-28)50-70(58,59)29-16-10-26(11-17-29)23-69-68(57)62-22-31-36(33(43)41(64-31)52-25-48-35-38(45)46-24-47-39(35)52)65-67(55,56)61-21-30-37(66-68)34(44)40(63-30)51-19-18-32(53)49-42(51)54/h10-19,24-25,30-31,33-34,36-37,40-41,50H,2-9,20-23H2,1H3,(H,55,56)(H2,45,46,47)(H,49,53,54)/t30-,31-,33-,34-,36-,37-,40-,41-,68?/m1/s1. The van der Waals surface area contributed by atoms with Gasteiger partial charge in [-0.15, -0.1) is 0 Å². The van der Waals surface area contributed by atoms with Crippen molar-refractivity contribution in [3.8, 4) is 5.75 Å². The van der Waals surface area contributed by atoms with Crippen molar-refractivity contribution in [3.63, 3.8) is 0 Å². The van der Waals surface area contributed by atoms with Crippen LogP contribution in [0.4, 0.5) is 20.3 Å². The summed E-state index contributed by atoms with van der Waals surface area (Å²) >= 11 is 0.538. The lowest BCUT2D eigenvalue weighted by Gasteiger charge is -2.29. The monoisotopic (exact) mass is 1060 g/mol. The third-order valence-corrected chi connectivity index (χ3v) is 17.7. The number of anilines is 2. The molecule has 5 aromatic rings. The molecule has 0 radical (unpaired) electrons. The number of aromatic nitrogens is 6. The molecule has 5 N–H and O–H groups in total. The molecule has 0 aliphatic carbocycles. The van der Waals surface area contributed by atoms with Crippen LogP contribution in [0.25, 0.3) is 11.2 Å². The minimum Gasteiger partial charge on any atom is -0.494 e. The molecule has 3 aliphatic heterocycles. The van der Waals surface area contributed by atoms with Crippen molar-refractivity contribution < 1.29 is 63.5 Å². The third kappa shape index (κ3) is 12.4. The van der Waals surface area contributed by atoms with E-state index in [1.54, 1.807) is 24.3 Å². The van der Waals surface area contributed by atoms with Gasteiger partial charge in [-0.1, -0.05) is 64.0 Å². The summed E-state index contributed by atoms with van der Waals surface area (Å²) in [6.07, 6.45) is -2.65. The van der Waals surface area contributed by atoms with E-state index in [1.165, 1.54) is 56.4 Å². The number of rotatable bonds is 18. The van der Waals surface area contributed by atoms with Crippen molar-refractivity contribution in [3.05, 3.63) is 99.9 Å². The number of fused-ring (bicyclic) bond motifs is 3. The third-order valence-electron chi connectivity index (χ3n) is 11.6. The smallest absolute Gasteiger partial charge is 0.472 e. The van der Waals surface area contributed by atoms with Crippen molar-refractivity contribution in [2.24, 2.45) is 0 Å². The van der Waals surface area contributed by atoms with Gasteiger partial charge in [-0.3, -0.25) is 41.7 Å². The van der Waals surface area contributed by atoms with Gasteiger partial charge in [0.15, 0.2) is 36.3 Å². The van der Waals surface area contributed by atoms with Gasteiger partial charge in [0.2, 0.25) is 0 Å². The zero-order chi connectivity index (χ0) is 49.6. The minimum absolute atomic E-state index is 0.0258. The molecule has 3 fully saturated rings. The number of unbranched alkanes of at least 4 members (excludes halogenated alkanes) is 7. The van der Waals surface area contributed by atoms with Crippen LogP contribution < -0.4 is 26.4 Å². The number of nitrogens with one attached hydrogen (secondary N) is 2. The van der Waals surface area contributed by atoms with Crippen molar-refractivity contribution in [1.29, 1.82) is 0 Å². The second-order valence-electron chi connectivity index (χ2n) is 16.6. The van der Waals surface area contributed by atoms with Crippen LogP contribution in [0.1, 0.15) is 76.3 Å². The van der Waals surface area contributed by atoms with Crippen molar-refractivity contribution >= 4 is 58.7 Å². The molecule has 10 atom stereocenters. The fraction of sp³-hybridized carbons (Fsp3) is 0.500. The van der Waals surface area contributed by atoms with Crippen molar-refractivity contribution in [2.75, 3.05) is 30.3 Å². The Labute approximate surface area is 403 Å². The summed E-state index contributed by atoms with van der Waals surface area (Å²) in [6.45, 7) is -3.79. The molecule has 3 aromatic heterocycles. The highest BCUT2D eigenvalue weighted by atomic mass is 32.7. The maximum atomic E-state index is 16.5. The molecule has 22 nitrogen and oxygen atoms in total. The van der Waals surface area contributed by atoms with Crippen molar-refractivity contribution in [1.82, 2.24) is 29.1 Å². The SMILES string of the molecule is CCCCCCCCCCOc1ccc(NS(=O)(=O)c2ccc(CSP3(=O)OC[C@H]4O[C@@H](n5cnc6c(N)ncnc65)[C@H](F)[C@@H]4OP(=O)(O)OC[C@H]4O[C@@H](n5ccc(=O)[nH]c5=O)[C@H](F)[C@@H]4O3)cc2)cc1. The van der Waals surface area contributed by atoms with Gasteiger partial charge in [-0.25, -0.2) is 46.1 Å². The number of nitrogens with two attached hydrogens (primary N) is 1. The van der Waals surface area contributed by atoms with Gasteiger partial charge in [0, 0.05) is 23.7 Å². The lowest BCUT2D eigenvalue weighted by molar-refractivity contribution is -0.0619. The number of sulfonamides is 1. The van der Waals surface area contributed by atoms with Crippen molar-refractivity contribution in [2.45, 2.75) is 118 Å². The number of benzene rings is 2. The minimum atomic E-state index is -5.26. The Morgan fingerprint density at radius 2 is 1.50 bits per heavy atom. The zero-order valence-corrected chi connectivity index (χ0v) is 41.0. The molecular formula is C42H52F2N8O14P2S2. The first-order chi connectivity index (χ1) is 33.5. The molecule has 0 saturated carbocycles. The van der Waals surface area contributed by atoms with Gasteiger partial charge in [-0.2, -0.15) is 0 Å². The van der Waals surface area contributed by atoms with Gasteiger partial charge < -0.3 is 24.8 Å². The number of aromatic amines is 1. The Bertz CT molecular complexity index is 2920. The summed E-state index contributed by atoms with van der Waals surface area (Å²) in [5.74, 6) is 0.382. The van der Waals surface area contributed by atoms with Crippen LogP contribution in [0.5, 0.6) is 5.75 Å². The molecule has 3 saturated heterocycles. The zero-order valence-electron chi connectivity index (χ0n) is 37.6. The van der Waals surface area contributed by atoms with Crippen LogP contribution >= 0.6 is 26.0 Å². The molecule has 2 unspecified atom stereocenters. The van der Waals surface area contributed by atoms with Gasteiger partial charge in [0.05, 0.1) is 31.0 Å². The molecule has 2 aromatic carbocycles. The first-order valence-corrected chi connectivity index (χ1v) is 28.6. The van der Waals surface area contributed by atoms with E-state index in [1.807, 2.05) is 4.98 Å². The number of nitrogens with zero attached hydrogens (tertiary/aromatic N) is 5. The Balaban J connectivity index is 0.969. The highest BCUT2D eigenvalue weighted by Crippen LogP contribution is 2.65. The van der Waals surface area contributed by atoms with E-state index < -0.39 is 98.3 Å². The Morgan fingerprint density at radius 1 is 0.857 bits per heavy atom. The number of H-pyrrole nitrogens is 1. The van der Waals surface area contributed by atoms with E-state index in [4.69, 9.17) is 38.0 Å². The van der Waals surface area contributed by atoms with E-state index in [2.05, 4.69) is 26.6 Å². The van der Waals surface area contributed by atoms with E-state index in [0.717, 1.165) is 48.7 Å². The summed E-state index contributed by atoms with van der Waals surface area (Å²) in [4.78, 5) is 49.3. The number of phosphoric ester groups is 1. The number of nitrogen functional groups attached to an aromatic ring is 1. The molecular weight excluding hydrogens is 1000 g/mol. The first kappa shape index (κ1) is 51.8. The van der Waals surface area contributed by atoms with Gasteiger partial charge in [0.25, 0.3) is 15.6 Å². The molecule has 70 heavy (non-hydrogen) atoms. The van der Waals surface area contributed by atoms with E-state index in [9.17, 15) is 32.0 Å². The van der Waals surface area contributed by atoms with E-state index in [-0.39, 0.29) is 27.6 Å². The van der Waals surface area contributed by atoms with Crippen LogP contribution in [0, 0.1) is 0 Å². The highest BCUT2D eigenvalue weighted by Gasteiger charge is 2.55. The lowest BCUT2D eigenvalue weighted by Crippen LogP contribution is -2.38. The first-order valence-electron chi connectivity index (χ1n) is 22.4. The largest absolute Gasteiger partial charge is 0.494 e. The molecule has 0 spiro atoms. The fourth-order valence-corrected chi connectivity index (χ4v) is 13.4. The van der Waals surface area contributed by atoms with Crippen LogP contribution in [-0.4, -0.2) is 99.0 Å². The molecule has 6 heterocycles. The molecule has 0 bridgehead atoms. The van der Waals surface area contributed by atoms with E-state index >= 15 is 8.78 Å². The predicted molar refractivity (Wildman–Crippen MR) is 251 cm³/mol. The quantitative estimate of drug-likeness (QED) is 0.0524. The molecule has 8 rings (SSSR count). The molecule has 3 aliphatic rings. The molecule has 28 heteroatoms. The summed E-state index contributed by atoms with van der Waals surface area (Å²) in [5, 5.41) is 0. The Hall–Kier alpha value is -4.59. The summed E-state index contributed by atoms with van der Waals surface area (Å²) < 4.78 is 132. The van der Waals surface area contributed by atoms with Crippen LogP contribution in [0.2, 0.25) is 0 Å². The number of hydrogen-bond acceptors (Lipinski definition) is 18. The maximum absolute atomic E-state index is 16.5. The lowest BCUT2D eigenvalue weighted by atomic mass is 10.1.